The van der Waals surface area contributed by atoms with Crippen LogP contribution in [0.3, 0.4) is 0 Å². The van der Waals surface area contributed by atoms with Crippen molar-refractivity contribution in [3.05, 3.63) is 29.8 Å². The molecule has 0 fully saturated rings. The standard InChI is InChI=1S/C12H14N2O2/c1-2-11(8-13)16-12(15)7-9-4-3-5-10(14)6-9/h3-6,11H,2,7,14H2,1H3. The van der Waals surface area contributed by atoms with Gasteiger partial charge >= 0.3 is 5.97 Å². The molecule has 0 aliphatic carbocycles. The molecule has 0 amide bonds. The lowest BCUT2D eigenvalue weighted by atomic mass is 10.1. The van der Waals surface area contributed by atoms with Crippen LogP contribution in [0.1, 0.15) is 18.9 Å². The average molecular weight is 218 g/mol. The Bertz CT molecular complexity index is 410. The first-order chi connectivity index (χ1) is 7.65. The molecule has 84 valence electrons. The highest BCUT2D eigenvalue weighted by Crippen LogP contribution is 2.08. The summed E-state index contributed by atoms with van der Waals surface area (Å²) in [5.41, 5.74) is 6.98. The highest BCUT2D eigenvalue weighted by molar-refractivity contribution is 5.73. The Labute approximate surface area is 94.6 Å². The maximum Gasteiger partial charge on any atom is 0.311 e. The summed E-state index contributed by atoms with van der Waals surface area (Å²) < 4.78 is 4.95. The van der Waals surface area contributed by atoms with Gasteiger partial charge in [0.25, 0.3) is 0 Å². The number of anilines is 1. The highest BCUT2D eigenvalue weighted by Gasteiger charge is 2.11. The van der Waals surface area contributed by atoms with Crippen LogP contribution in [-0.4, -0.2) is 12.1 Å². The number of esters is 1. The van der Waals surface area contributed by atoms with Gasteiger partial charge in [-0.3, -0.25) is 4.79 Å². The maximum atomic E-state index is 11.4. The van der Waals surface area contributed by atoms with Gasteiger partial charge in [0, 0.05) is 5.69 Å². The van der Waals surface area contributed by atoms with Crippen molar-refractivity contribution >= 4 is 11.7 Å². The first-order valence-corrected chi connectivity index (χ1v) is 5.09. The second kappa shape index (κ2) is 5.76. The molecule has 4 heteroatoms. The molecule has 2 N–H and O–H groups in total. The summed E-state index contributed by atoms with van der Waals surface area (Å²) in [7, 11) is 0. The molecule has 4 nitrogen and oxygen atoms in total. The molecule has 1 aromatic carbocycles. The normalized spacial score (nSPS) is 11.5. The lowest BCUT2D eigenvalue weighted by Crippen LogP contribution is -2.17. The van der Waals surface area contributed by atoms with E-state index in [4.69, 9.17) is 15.7 Å². The second-order valence-electron chi connectivity index (χ2n) is 3.44. The Balaban J connectivity index is 2.55. The van der Waals surface area contributed by atoms with Crippen molar-refractivity contribution in [3.63, 3.8) is 0 Å². The van der Waals surface area contributed by atoms with Gasteiger partial charge in [0.1, 0.15) is 6.07 Å². The lowest BCUT2D eigenvalue weighted by molar-refractivity contribution is -0.145. The van der Waals surface area contributed by atoms with Crippen molar-refractivity contribution in [1.82, 2.24) is 0 Å². The highest BCUT2D eigenvalue weighted by atomic mass is 16.5. The van der Waals surface area contributed by atoms with Gasteiger partial charge in [-0.05, 0) is 24.1 Å². The van der Waals surface area contributed by atoms with Crippen LogP contribution in [-0.2, 0) is 16.0 Å². The smallest absolute Gasteiger partial charge is 0.311 e. The van der Waals surface area contributed by atoms with Gasteiger partial charge in [-0.15, -0.1) is 0 Å². The molecule has 1 atom stereocenters. The van der Waals surface area contributed by atoms with Crippen molar-refractivity contribution in [2.75, 3.05) is 5.73 Å². The van der Waals surface area contributed by atoms with E-state index in [0.29, 0.717) is 12.1 Å². The van der Waals surface area contributed by atoms with E-state index in [1.165, 1.54) is 0 Å². The summed E-state index contributed by atoms with van der Waals surface area (Å²) in [5.74, 6) is -0.404. The van der Waals surface area contributed by atoms with Crippen LogP contribution in [0.25, 0.3) is 0 Å². The van der Waals surface area contributed by atoms with Crippen molar-refractivity contribution in [2.24, 2.45) is 0 Å². The second-order valence-corrected chi connectivity index (χ2v) is 3.44. The topological polar surface area (TPSA) is 76.1 Å². The Morgan fingerprint density at radius 1 is 1.62 bits per heavy atom. The number of benzene rings is 1. The number of ether oxygens (including phenoxy) is 1. The Hall–Kier alpha value is -2.02. The number of nitrogens with two attached hydrogens (primary N) is 1. The van der Waals surface area contributed by atoms with E-state index >= 15 is 0 Å². The van der Waals surface area contributed by atoms with Gasteiger partial charge in [0.15, 0.2) is 6.10 Å². The minimum atomic E-state index is -0.659. The number of carbonyl (C=O) groups is 1. The summed E-state index contributed by atoms with van der Waals surface area (Å²) in [4.78, 5) is 11.4. The molecule has 0 saturated heterocycles. The van der Waals surface area contributed by atoms with E-state index in [1.54, 1.807) is 31.2 Å². The van der Waals surface area contributed by atoms with Crippen LogP contribution in [0, 0.1) is 11.3 Å². The zero-order chi connectivity index (χ0) is 12.0. The van der Waals surface area contributed by atoms with Gasteiger partial charge in [0.05, 0.1) is 6.42 Å². The first-order valence-electron chi connectivity index (χ1n) is 5.09. The third-order valence-electron chi connectivity index (χ3n) is 2.09. The molecular formula is C12H14N2O2. The van der Waals surface area contributed by atoms with Crippen molar-refractivity contribution in [1.29, 1.82) is 5.26 Å². The molecule has 1 unspecified atom stereocenters. The van der Waals surface area contributed by atoms with Crippen LogP contribution >= 0.6 is 0 Å². The van der Waals surface area contributed by atoms with Crippen molar-refractivity contribution < 1.29 is 9.53 Å². The van der Waals surface area contributed by atoms with Crippen LogP contribution < -0.4 is 5.73 Å². The van der Waals surface area contributed by atoms with Gasteiger partial charge in [-0.25, -0.2) is 0 Å². The SMILES string of the molecule is CCC(C#N)OC(=O)Cc1cccc(N)c1. The Kier molecular flexibility index (Phi) is 4.34. The molecule has 16 heavy (non-hydrogen) atoms. The molecule has 0 spiro atoms. The van der Waals surface area contributed by atoms with Crippen LogP contribution in [0.5, 0.6) is 0 Å². The van der Waals surface area contributed by atoms with Gasteiger partial charge in [0.2, 0.25) is 0 Å². The molecule has 0 aliphatic heterocycles. The molecule has 0 saturated carbocycles. The molecule has 0 aromatic heterocycles. The van der Waals surface area contributed by atoms with E-state index in [0.717, 1.165) is 5.56 Å². The average Bonchev–Trinajstić information content (AvgIpc) is 2.26. The lowest BCUT2D eigenvalue weighted by Gasteiger charge is -2.08. The number of nitriles is 1. The molecule has 0 bridgehead atoms. The quantitative estimate of drug-likeness (QED) is 0.616. The van der Waals surface area contributed by atoms with E-state index in [2.05, 4.69) is 0 Å². The van der Waals surface area contributed by atoms with Crippen LogP contribution in [0.4, 0.5) is 5.69 Å². The summed E-state index contributed by atoms with van der Waals surface area (Å²) in [6.45, 7) is 1.79. The summed E-state index contributed by atoms with van der Waals surface area (Å²) in [6.07, 6.45) is -0.0175. The summed E-state index contributed by atoms with van der Waals surface area (Å²) in [6, 6.07) is 8.95. The Morgan fingerprint density at radius 2 is 2.38 bits per heavy atom. The maximum absolute atomic E-state index is 11.4. The number of hydrogen-bond acceptors (Lipinski definition) is 4. The van der Waals surface area contributed by atoms with E-state index < -0.39 is 12.1 Å². The predicted molar refractivity (Wildman–Crippen MR) is 60.3 cm³/mol. The van der Waals surface area contributed by atoms with Crippen LogP contribution in [0.15, 0.2) is 24.3 Å². The third kappa shape index (κ3) is 3.62. The predicted octanol–water partition coefficient (Wildman–Crippen LogP) is 1.66. The fourth-order valence-electron chi connectivity index (χ4n) is 1.27. The first kappa shape index (κ1) is 12.1. The summed E-state index contributed by atoms with van der Waals surface area (Å²) >= 11 is 0. The number of hydrogen-bond donors (Lipinski definition) is 1. The monoisotopic (exact) mass is 218 g/mol. The number of nitrogens with zero attached hydrogens (tertiary/aromatic N) is 1. The van der Waals surface area contributed by atoms with Gasteiger partial charge < -0.3 is 10.5 Å². The van der Waals surface area contributed by atoms with E-state index in [1.807, 2.05) is 6.07 Å². The molecule has 1 rings (SSSR count). The van der Waals surface area contributed by atoms with Crippen LogP contribution in [0.2, 0.25) is 0 Å². The molecule has 0 heterocycles. The Morgan fingerprint density at radius 3 is 2.94 bits per heavy atom. The van der Waals surface area contributed by atoms with Crippen molar-refractivity contribution in [3.8, 4) is 6.07 Å². The van der Waals surface area contributed by atoms with Crippen molar-refractivity contribution in [2.45, 2.75) is 25.9 Å². The number of carbonyl (C=O) groups excluding carboxylic acids is 1. The van der Waals surface area contributed by atoms with Gasteiger partial charge in [-0.1, -0.05) is 19.1 Å². The minimum Gasteiger partial charge on any atom is -0.447 e. The third-order valence-corrected chi connectivity index (χ3v) is 2.09. The molecule has 0 aliphatic rings. The minimum absolute atomic E-state index is 0.142. The molecule has 1 aromatic rings. The zero-order valence-corrected chi connectivity index (χ0v) is 9.14. The zero-order valence-electron chi connectivity index (χ0n) is 9.14. The van der Waals surface area contributed by atoms with Gasteiger partial charge in [-0.2, -0.15) is 5.26 Å². The number of nitrogen functional groups attached to an aromatic ring is 1. The fraction of sp³-hybridized carbons (Fsp3) is 0.333. The molecular weight excluding hydrogens is 204 g/mol. The van der Waals surface area contributed by atoms with E-state index in [-0.39, 0.29) is 6.42 Å². The number of rotatable bonds is 4. The fourth-order valence-corrected chi connectivity index (χ4v) is 1.27. The van der Waals surface area contributed by atoms with E-state index in [9.17, 15) is 4.79 Å². The summed E-state index contributed by atoms with van der Waals surface area (Å²) in [5, 5.41) is 8.64. The largest absolute Gasteiger partial charge is 0.447 e. The molecule has 0 radical (unpaired) electrons.